The highest BCUT2D eigenvalue weighted by molar-refractivity contribution is 5.67. The maximum atomic E-state index is 10.1. The summed E-state index contributed by atoms with van der Waals surface area (Å²) in [7, 11) is 0. The van der Waals surface area contributed by atoms with Crippen molar-refractivity contribution in [2.45, 2.75) is 270 Å². The van der Waals surface area contributed by atoms with Gasteiger partial charge in [-0.05, 0) is 25.7 Å². The van der Waals surface area contributed by atoms with Crippen LogP contribution in [0.2, 0.25) is 0 Å². The van der Waals surface area contributed by atoms with Crippen LogP contribution in [-0.2, 0) is 19.2 Å². The number of hydrogen-bond donors (Lipinski definition) is 22. The summed E-state index contributed by atoms with van der Waals surface area (Å²) < 4.78 is 0. The molecule has 22 N–H and O–H groups in total. The van der Waals surface area contributed by atoms with Crippen LogP contribution in [0, 0.1) is 0 Å². The van der Waals surface area contributed by atoms with Crippen LogP contribution in [0.5, 0.6) is 0 Å². The zero-order valence-electron chi connectivity index (χ0n) is 52.0. The van der Waals surface area contributed by atoms with E-state index < -0.39 is 60.5 Å². The Labute approximate surface area is 503 Å². The SMILES string of the molecule is CCCCCCCCCC(=O)O.CCCCCCCCCC(=O)O.CCCCCCCCCC(=O)O.CCCCCCCCCC(=O)O.OCC(O)CO.OCC(O)CO.OCC(O)CO.OCC(O)CO.OCC(O)CO.OCC(O)CO. The molecule has 0 spiro atoms. The molecule has 0 rings (SSSR count). The second-order valence-electron chi connectivity index (χ2n) is 19.2. The molecule has 0 amide bonds. The van der Waals surface area contributed by atoms with Gasteiger partial charge in [0.25, 0.3) is 0 Å². The predicted octanol–water partition coefficient (Wildman–Crippen LogP) is 2.84. The quantitative estimate of drug-likeness (QED) is 0.0390. The molecule has 0 atom stereocenters. The summed E-state index contributed by atoms with van der Waals surface area (Å²) in [5.41, 5.74) is 0. The molecule has 26 nitrogen and oxygen atoms in total. The van der Waals surface area contributed by atoms with Crippen LogP contribution in [0.3, 0.4) is 0 Å². The van der Waals surface area contributed by atoms with Crippen molar-refractivity contribution in [1.82, 2.24) is 0 Å². The molecule has 0 unspecified atom stereocenters. The summed E-state index contributed by atoms with van der Waals surface area (Å²) >= 11 is 0. The van der Waals surface area contributed by atoms with Gasteiger partial charge < -0.3 is 112 Å². The minimum Gasteiger partial charge on any atom is -0.481 e. The van der Waals surface area contributed by atoms with Crippen molar-refractivity contribution in [2.24, 2.45) is 0 Å². The van der Waals surface area contributed by atoms with Crippen LogP contribution in [0.25, 0.3) is 0 Å². The molecule has 0 aliphatic carbocycles. The van der Waals surface area contributed by atoms with Gasteiger partial charge in [0.05, 0.1) is 79.3 Å². The topological polar surface area (TPSA) is 513 Å². The summed E-state index contributed by atoms with van der Waals surface area (Å²) in [5.74, 6) is -2.65. The molecule has 84 heavy (non-hydrogen) atoms. The Morgan fingerprint density at radius 1 is 0.202 bits per heavy atom. The monoisotopic (exact) mass is 1240 g/mol. The highest BCUT2D eigenvalue weighted by Crippen LogP contribution is 2.11. The number of aliphatic hydroxyl groups excluding tert-OH is 18. The first-order valence-corrected chi connectivity index (χ1v) is 30.2. The summed E-state index contributed by atoms with van der Waals surface area (Å²) in [6.45, 7) is 4.42. The lowest BCUT2D eigenvalue weighted by atomic mass is 10.1. The minimum absolute atomic E-state index is 0.341. The second kappa shape index (κ2) is 99.2. The molecular formula is C58H128O26. The van der Waals surface area contributed by atoms with E-state index in [2.05, 4.69) is 27.7 Å². The molecule has 0 aromatic heterocycles. The van der Waals surface area contributed by atoms with Crippen molar-refractivity contribution in [3.8, 4) is 0 Å². The van der Waals surface area contributed by atoms with Gasteiger partial charge in [-0.2, -0.15) is 0 Å². The lowest BCUT2D eigenvalue weighted by Gasteiger charge is -1.98. The number of carboxylic acid groups (broad SMARTS) is 4. The third-order valence-corrected chi connectivity index (χ3v) is 10.5. The zero-order valence-corrected chi connectivity index (χ0v) is 52.0. The van der Waals surface area contributed by atoms with E-state index in [0.717, 1.165) is 51.4 Å². The van der Waals surface area contributed by atoms with Gasteiger partial charge in [0.15, 0.2) is 0 Å². The zero-order chi connectivity index (χ0) is 66.9. The molecule has 0 aliphatic rings. The van der Waals surface area contributed by atoms with Crippen molar-refractivity contribution >= 4 is 23.9 Å². The Balaban J connectivity index is -0.0000000921. The smallest absolute Gasteiger partial charge is 0.303 e. The van der Waals surface area contributed by atoms with Crippen molar-refractivity contribution < 1.29 is 132 Å². The summed E-state index contributed by atoms with van der Waals surface area (Å²) in [5, 5.41) is 178. The van der Waals surface area contributed by atoms with Gasteiger partial charge in [-0.15, -0.1) is 0 Å². The fraction of sp³-hybridized carbons (Fsp3) is 0.931. The van der Waals surface area contributed by atoms with Crippen LogP contribution in [0.4, 0.5) is 0 Å². The largest absolute Gasteiger partial charge is 0.481 e. The number of rotatable bonds is 44. The third kappa shape index (κ3) is 148. The molecule has 0 saturated carbocycles. The molecule has 0 heterocycles. The molecule has 0 aromatic rings. The van der Waals surface area contributed by atoms with Crippen LogP contribution >= 0.6 is 0 Å². The van der Waals surface area contributed by atoms with Crippen LogP contribution in [-0.4, -0.2) is 252 Å². The Morgan fingerprint density at radius 2 is 0.298 bits per heavy atom. The predicted molar refractivity (Wildman–Crippen MR) is 322 cm³/mol. The summed E-state index contributed by atoms with van der Waals surface area (Å²) in [6.07, 6.45) is 28.8. The van der Waals surface area contributed by atoms with Gasteiger partial charge in [0, 0.05) is 25.7 Å². The first kappa shape index (κ1) is 103. The van der Waals surface area contributed by atoms with Crippen LogP contribution in [0.1, 0.15) is 233 Å². The van der Waals surface area contributed by atoms with Crippen LogP contribution in [0.15, 0.2) is 0 Å². The van der Waals surface area contributed by atoms with E-state index in [1.807, 2.05) is 0 Å². The molecule has 26 heteroatoms. The van der Waals surface area contributed by atoms with E-state index in [1.165, 1.54) is 128 Å². The number of aliphatic carboxylic acids is 4. The van der Waals surface area contributed by atoms with Crippen molar-refractivity contribution in [1.29, 1.82) is 0 Å². The average Bonchev–Trinajstić information content (AvgIpc) is 3.49. The third-order valence-electron chi connectivity index (χ3n) is 10.5. The van der Waals surface area contributed by atoms with Crippen molar-refractivity contribution in [3.63, 3.8) is 0 Å². The van der Waals surface area contributed by atoms with E-state index in [1.54, 1.807) is 0 Å². The maximum absolute atomic E-state index is 10.1. The van der Waals surface area contributed by atoms with Gasteiger partial charge in [0.1, 0.15) is 36.6 Å². The van der Waals surface area contributed by atoms with Gasteiger partial charge in [-0.1, -0.05) is 182 Å². The molecule has 0 radical (unpaired) electrons. The van der Waals surface area contributed by atoms with E-state index >= 15 is 0 Å². The molecular weight excluding hydrogens is 1110 g/mol. The van der Waals surface area contributed by atoms with Gasteiger partial charge in [-0.25, -0.2) is 0 Å². The number of unbranched alkanes of at least 4 members (excludes halogenated alkanes) is 24. The normalized spacial score (nSPS) is 10.0. The summed E-state index contributed by atoms with van der Waals surface area (Å²) in [4.78, 5) is 40.5. The first-order chi connectivity index (χ1) is 39.9. The lowest BCUT2D eigenvalue weighted by molar-refractivity contribution is -0.138. The number of aliphatic hydroxyl groups is 18. The van der Waals surface area contributed by atoms with E-state index in [-0.39, 0.29) is 79.3 Å². The van der Waals surface area contributed by atoms with E-state index in [4.69, 9.17) is 112 Å². The number of hydrogen-bond acceptors (Lipinski definition) is 22. The van der Waals surface area contributed by atoms with Gasteiger partial charge >= 0.3 is 23.9 Å². The van der Waals surface area contributed by atoms with Crippen molar-refractivity contribution in [3.05, 3.63) is 0 Å². The molecule has 0 aliphatic heterocycles. The standard InChI is InChI=1S/4C10H20O2.6C3H8O3/c4*1-2-3-4-5-6-7-8-9-10(11)12;6*4-1-3(6)2-5/h4*2-9H2,1H3,(H,11,12);6*3-6H,1-2H2. The highest BCUT2D eigenvalue weighted by Gasteiger charge is 2.01. The fourth-order valence-electron chi connectivity index (χ4n) is 5.28. The Morgan fingerprint density at radius 3 is 0.369 bits per heavy atom. The minimum atomic E-state index is -0.954. The van der Waals surface area contributed by atoms with Gasteiger partial charge in [0.2, 0.25) is 0 Å². The molecule has 516 valence electrons. The van der Waals surface area contributed by atoms with Crippen LogP contribution < -0.4 is 0 Å². The molecule has 0 fully saturated rings. The Bertz CT molecular complexity index is 951. The Kier molecular flexibility index (Phi) is 122. The van der Waals surface area contributed by atoms with Crippen molar-refractivity contribution in [2.75, 3.05) is 79.3 Å². The fourth-order valence-corrected chi connectivity index (χ4v) is 5.28. The number of carboxylic acids is 4. The van der Waals surface area contributed by atoms with E-state index in [9.17, 15) is 19.2 Å². The molecule has 0 saturated heterocycles. The first-order valence-electron chi connectivity index (χ1n) is 30.2. The Hall–Kier alpha value is -2.84. The molecule has 0 aromatic carbocycles. The second-order valence-corrected chi connectivity index (χ2v) is 19.2. The number of carbonyl (C=O) groups is 4. The van der Waals surface area contributed by atoms with Gasteiger partial charge in [-0.3, -0.25) is 19.2 Å². The maximum Gasteiger partial charge on any atom is 0.303 e. The lowest BCUT2D eigenvalue weighted by Crippen LogP contribution is -2.15. The van der Waals surface area contributed by atoms with E-state index in [0.29, 0.717) is 25.7 Å². The highest BCUT2D eigenvalue weighted by atomic mass is 16.4. The summed E-state index contributed by atoms with van der Waals surface area (Å²) in [6, 6.07) is 0. The average molecular weight is 1240 g/mol. The molecule has 0 bridgehead atoms.